The topological polar surface area (TPSA) is 47.3 Å². The van der Waals surface area contributed by atoms with Crippen LogP contribution in [0.1, 0.15) is 51.1 Å². The smallest absolute Gasteiger partial charge is 0.0889 e. The van der Waals surface area contributed by atoms with Crippen molar-refractivity contribution in [3.05, 3.63) is 34.9 Å². The molecule has 4 heteroatoms. The molecule has 0 spiro atoms. The van der Waals surface area contributed by atoms with Gasteiger partial charge in [-0.15, -0.1) is 0 Å². The molecule has 112 valence electrons. The number of ether oxygens (including phenoxy) is 1. The zero-order chi connectivity index (χ0) is 14.6. The molecule has 1 aliphatic carbocycles. The highest BCUT2D eigenvalue weighted by Crippen LogP contribution is 2.43. The molecule has 1 fully saturated rings. The lowest BCUT2D eigenvalue weighted by atomic mass is 9.73. The van der Waals surface area contributed by atoms with Crippen LogP contribution in [0.25, 0.3) is 0 Å². The Kier molecular flexibility index (Phi) is 5.44. The third-order valence-electron chi connectivity index (χ3n) is 4.43. The lowest BCUT2D eigenvalue weighted by molar-refractivity contribution is -0.0976. The molecule has 1 aliphatic rings. The van der Waals surface area contributed by atoms with Gasteiger partial charge in [-0.25, -0.2) is 0 Å². The molecular weight excluding hydrogens is 272 g/mol. The Bertz CT molecular complexity index is 430. The molecule has 1 saturated carbocycles. The molecule has 0 aromatic heterocycles. The normalized spacial score (nSPS) is 28.3. The van der Waals surface area contributed by atoms with E-state index in [1.165, 1.54) is 12.8 Å². The summed E-state index contributed by atoms with van der Waals surface area (Å²) in [5.74, 6) is 6.63. The van der Waals surface area contributed by atoms with Crippen LogP contribution >= 0.6 is 11.6 Å². The summed E-state index contributed by atoms with van der Waals surface area (Å²) < 4.78 is 6.18. The highest BCUT2D eigenvalue weighted by Gasteiger charge is 2.42. The zero-order valence-corrected chi connectivity index (χ0v) is 13.1. The average molecular weight is 297 g/mol. The maximum atomic E-state index is 6.18. The van der Waals surface area contributed by atoms with Crippen LogP contribution in [0.3, 0.4) is 0 Å². The van der Waals surface area contributed by atoms with Crippen molar-refractivity contribution in [2.24, 2.45) is 11.8 Å². The van der Waals surface area contributed by atoms with E-state index in [2.05, 4.69) is 18.4 Å². The number of hydrogen-bond acceptors (Lipinski definition) is 3. The minimum Gasteiger partial charge on any atom is -0.373 e. The molecule has 0 amide bonds. The summed E-state index contributed by atoms with van der Waals surface area (Å²) in [5, 5.41) is 0.735. The number of hydrazine groups is 1. The van der Waals surface area contributed by atoms with E-state index >= 15 is 0 Å². The number of nitrogens with two attached hydrogens (primary N) is 1. The molecule has 0 bridgehead atoms. The molecule has 1 unspecified atom stereocenters. The third-order valence-corrected chi connectivity index (χ3v) is 4.66. The van der Waals surface area contributed by atoms with Crippen LogP contribution < -0.4 is 11.3 Å². The van der Waals surface area contributed by atoms with Gasteiger partial charge < -0.3 is 4.74 Å². The van der Waals surface area contributed by atoms with Gasteiger partial charge in [-0.05, 0) is 56.2 Å². The van der Waals surface area contributed by atoms with E-state index in [0.29, 0.717) is 6.61 Å². The molecule has 0 heterocycles. The molecule has 1 atom stereocenters. The molecule has 3 N–H and O–H groups in total. The van der Waals surface area contributed by atoms with Gasteiger partial charge in [-0.2, -0.15) is 0 Å². The Hall–Kier alpha value is -0.610. The van der Waals surface area contributed by atoms with Gasteiger partial charge in [0.15, 0.2) is 0 Å². The van der Waals surface area contributed by atoms with E-state index in [1.807, 2.05) is 25.1 Å². The second-order valence-electron chi connectivity index (χ2n) is 5.83. The molecule has 1 aromatic rings. The van der Waals surface area contributed by atoms with Gasteiger partial charge in [0.05, 0.1) is 11.6 Å². The Labute approximate surface area is 126 Å². The molecule has 2 rings (SSSR count). The largest absolute Gasteiger partial charge is 0.373 e. The fraction of sp³-hybridized carbons (Fsp3) is 0.625. The summed E-state index contributed by atoms with van der Waals surface area (Å²) in [7, 11) is 0. The lowest BCUT2D eigenvalue weighted by Gasteiger charge is -2.44. The number of nitrogens with one attached hydrogen (secondary N) is 1. The number of hydrogen-bond donors (Lipinski definition) is 2. The van der Waals surface area contributed by atoms with Gasteiger partial charge in [-0.3, -0.25) is 11.3 Å². The SMILES string of the molecule is CCOC1(C(NN)c2cccc(Cl)c2)CCC(C)CC1. The lowest BCUT2D eigenvalue weighted by Crippen LogP contribution is -2.50. The molecule has 1 aromatic carbocycles. The Morgan fingerprint density at radius 1 is 1.45 bits per heavy atom. The summed E-state index contributed by atoms with van der Waals surface area (Å²) in [6.45, 7) is 5.05. The predicted octanol–water partition coefficient (Wildman–Crippen LogP) is 3.83. The van der Waals surface area contributed by atoms with Gasteiger partial charge in [0.25, 0.3) is 0 Å². The molecule has 0 radical (unpaired) electrons. The first-order valence-corrected chi connectivity index (χ1v) is 7.84. The zero-order valence-electron chi connectivity index (χ0n) is 12.4. The maximum absolute atomic E-state index is 6.18. The summed E-state index contributed by atoms with van der Waals surface area (Å²) in [6, 6.07) is 7.87. The monoisotopic (exact) mass is 296 g/mol. The number of halogens is 1. The van der Waals surface area contributed by atoms with Crippen LogP contribution in [0.15, 0.2) is 24.3 Å². The molecule has 20 heavy (non-hydrogen) atoms. The van der Waals surface area contributed by atoms with Gasteiger partial charge in [-0.1, -0.05) is 30.7 Å². The Balaban J connectivity index is 2.30. The average Bonchev–Trinajstić information content (AvgIpc) is 2.43. The van der Waals surface area contributed by atoms with Crippen molar-refractivity contribution >= 4 is 11.6 Å². The fourth-order valence-electron chi connectivity index (χ4n) is 3.29. The first-order chi connectivity index (χ1) is 9.61. The van der Waals surface area contributed by atoms with Crippen LogP contribution in [0.2, 0.25) is 5.02 Å². The van der Waals surface area contributed by atoms with Crippen molar-refractivity contribution < 1.29 is 4.74 Å². The van der Waals surface area contributed by atoms with Gasteiger partial charge in [0.1, 0.15) is 0 Å². The highest BCUT2D eigenvalue weighted by atomic mass is 35.5. The Morgan fingerprint density at radius 2 is 2.15 bits per heavy atom. The van der Waals surface area contributed by atoms with Crippen LogP contribution in [0.5, 0.6) is 0 Å². The van der Waals surface area contributed by atoms with E-state index in [9.17, 15) is 0 Å². The van der Waals surface area contributed by atoms with E-state index in [0.717, 1.165) is 29.3 Å². The fourth-order valence-corrected chi connectivity index (χ4v) is 3.49. The maximum Gasteiger partial charge on any atom is 0.0889 e. The van der Waals surface area contributed by atoms with Gasteiger partial charge in [0, 0.05) is 11.6 Å². The van der Waals surface area contributed by atoms with Crippen molar-refractivity contribution in [3.8, 4) is 0 Å². The second-order valence-corrected chi connectivity index (χ2v) is 6.27. The highest BCUT2D eigenvalue weighted by molar-refractivity contribution is 6.30. The van der Waals surface area contributed by atoms with E-state index < -0.39 is 0 Å². The van der Waals surface area contributed by atoms with Crippen molar-refractivity contribution in [1.82, 2.24) is 5.43 Å². The summed E-state index contributed by atoms with van der Waals surface area (Å²) >= 11 is 6.12. The third kappa shape index (κ3) is 3.34. The summed E-state index contributed by atoms with van der Waals surface area (Å²) in [4.78, 5) is 0. The molecule has 3 nitrogen and oxygen atoms in total. The first-order valence-electron chi connectivity index (χ1n) is 7.47. The molecule has 0 saturated heterocycles. The first kappa shape index (κ1) is 15.8. The second kappa shape index (κ2) is 6.90. The predicted molar refractivity (Wildman–Crippen MR) is 83.5 cm³/mol. The van der Waals surface area contributed by atoms with Crippen LogP contribution in [0.4, 0.5) is 0 Å². The number of rotatable bonds is 5. The van der Waals surface area contributed by atoms with Crippen molar-refractivity contribution in [2.75, 3.05) is 6.61 Å². The minimum atomic E-state index is -0.222. The van der Waals surface area contributed by atoms with Crippen molar-refractivity contribution in [2.45, 2.75) is 51.2 Å². The van der Waals surface area contributed by atoms with Crippen LogP contribution in [-0.4, -0.2) is 12.2 Å². The van der Waals surface area contributed by atoms with Gasteiger partial charge in [0.2, 0.25) is 0 Å². The van der Waals surface area contributed by atoms with E-state index in [1.54, 1.807) is 0 Å². The van der Waals surface area contributed by atoms with Crippen molar-refractivity contribution in [1.29, 1.82) is 0 Å². The summed E-state index contributed by atoms with van der Waals surface area (Å²) in [5.41, 5.74) is 3.85. The molecule has 0 aliphatic heterocycles. The summed E-state index contributed by atoms with van der Waals surface area (Å²) in [6.07, 6.45) is 4.42. The minimum absolute atomic E-state index is 0.0198. The standard InChI is InChI=1S/C16H25ClN2O/c1-3-20-16(9-7-12(2)8-10-16)15(19-18)13-5-4-6-14(17)11-13/h4-6,11-12,15,19H,3,7-10,18H2,1-2H3. The quantitative estimate of drug-likeness (QED) is 0.641. The van der Waals surface area contributed by atoms with E-state index in [-0.39, 0.29) is 11.6 Å². The van der Waals surface area contributed by atoms with Crippen LogP contribution in [0, 0.1) is 5.92 Å². The molecular formula is C16H25ClN2O. The van der Waals surface area contributed by atoms with Crippen LogP contribution in [-0.2, 0) is 4.74 Å². The van der Waals surface area contributed by atoms with Gasteiger partial charge >= 0.3 is 0 Å². The number of benzene rings is 1. The van der Waals surface area contributed by atoms with Crippen molar-refractivity contribution in [3.63, 3.8) is 0 Å². The Morgan fingerprint density at radius 3 is 2.70 bits per heavy atom. The van der Waals surface area contributed by atoms with E-state index in [4.69, 9.17) is 22.2 Å².